The number of hydrogen-bond acceptors (Lipinski definition) is 3. The van der Waals surface area contributed by atoms with E-state index in [1.54, 1.807) is 0 Å². The Morgan fingerprint density at radius 1 is 1.11 bits per heavy atom. The number of morpholine rings is 1. The van der Waals surface area contributed by atoms with Crippen molar-refractivity contribution in [3.63, 3.8) is 0 Å². The lowest BCUT2D eigenvalue weighted by molar-refractivity contribution is 0.0114. The lowest BCUT2D eigenvalue weighted by Gasteiger charge is -2.36. The fourth-order valence-corrected chi connectivity index (χ4v) is 2.99. The molecule has 1 N–H and O–H groups in total. The summed E-state index contributed by atoms with van der Waals surface area (Å²) in [7, 11) is 0. The summed E-state index contributed by atoms with van der Waals surface area (Å²) in [4.78, 5) is 2.61. The third-order valence-electron chi connectivity index (χ3n) is 4.17. The number of hydrogen-bond donors (Lipinski definition) is 1. The Hall–Kier alpha value is -0.120. The zero-order valence-electron chi connectivity index (χ0n) is 13.6. The first-order chi connectivity index (χ1) is 9.04. The van der Waals surface area contributed by atoms with Crippen LogP contribution in [-0.4, -0.2) is 49.8 Å². The molecule has 114 valence electrons. The molecule has 2 atom stereocenters. The van der Waals surface area contributed by atoms with E-state index in [4.69, 9.17) is 4.74 Å². The van der Waals surface area contributed by atoms with Gasteiger partial charge in [0, 0.05) is 31.7 Å². The van der Waals surface area contributed by atoms with E-state index in [9.17, 15) is 0 Å². The van der Waals surface area contributed by atoms with E-state index < -0.39 is 0 Å². The van der Waals surface area contributed by atoms with Crippen molar-refractivity contribution in [2.24, 2.45) is 11.8 Å². The average Bonchev–Trinajstić information content (AvgIpc) is 2.38. The number of ether oxygens (including phenoxy) is 1. The van der Waals surface area contributed by atoms with Crippen LogP contribution in [0.5, 0.6) is 0 Å². The first-order valence-corrected chi connectivity index (χ1v) is 8.09. The third-order valence-corrected chi connectivity index (χ3v) is 4.17. The fraction of sp³-hybridized carbons (Fsp3) is 1.00. The lowest BCUT2D eigenvalue weighted by atomic mass is 9.98. The molecule has 0 bridgehead atoms. The Morgan fingerprint density at radius 2 is 1.74 bits per heavy atom. The van der Waals surface area contributed by atoms with Crippen LogP contribution in [0.3, 0.4) is 0 Å². The topological polar surface area (TPSA) is 24.5 Å². The van der Waals surface area contributed by atoms with E-state index >= 15 is 0 Å². The molecular formula is C16H34N2O. The molecule has 1 aliphatic rings. The second-order valence-corrected chi connectivity index (χ2v) is 6.60. The third kappa shape index (κ3) is 6.24. The monoisotopic (exact) mass is 270 g/mol. The molecule has 1 aliphatic heterocycles. The van der Waals surface area contributed by atoms with Crippen LogP contribution in [0.2, 0.25) is 0 Å². The van der Waals surface area contributed by atoms with E-state index in [0.717, 1.165) is 44.7 Å². The Balaban J connectivity index is 2.48. The van der Waals surface area contributed by atoms with Crippen LogP contribution in [0.4, 0.5) is 0 Å². The van der Waals surface area contributed by atoms with Crippen LogP contribution >= 0.6 is 0 Å². The van der Waals surface area contributed by atoms with Gasteiger partial charge in [0.1, 0.15) is 0 Å². The van der Waals surface area contributed by atoms with Crippen molar-refractivity contribution in [2.45, 2.75) is 59.5 Å². The van der Waals surface area contributed by atoms with E-state index in [0.29, 0.717) is 12.1 Å². The van der Waals surface area contributed by atoms with Gasteiger partial charge in [0.15, 0.2) is 0 Å². The average molecular weight is 270 g/mol. The van der Waals surface area contributed by atoms with Gasteiger partial charge in [-0.2, -0.15) is 0 Å². The molecule has 0 aliphatic carbocycles. The van der Waals surface area contributed by atoms with E-state index in [2.05, 4.69) is 44.8 Å². The molecule has 0 saturated carbocycles. The van der Waals surface area contributed by atoms with Gasteiger partial charge >= 0.3 is 0 Å². The van der Waals surface area contributed by atoms with Crippen LogP contribution in [0.1, 0.15) is 47.5 Å². The summed E-state index contributed by atoms with van der Waals surface area (Å²) in [6.07, 6.45) is 2.50. The normalized spacial score (nSPS) is 21.0. The van der Waals surface area contributed by atoms with Gasteiger partial charge in [0.05, 0.1) is 13.2 Å². The standard InChI is InChI=1S/C16H34N2O/c1-6-16(14(4)5)17-12-15(11-13(2)3)18-7-9-19-10-8-18/h13-17H,6-12H2,1-5H3. The molecule has 3 nitrogen and oxygen atoms in total. The van der Waals surface area contributed by atoms with Gasteiger partial charge in [-0.15, -0.1) is 0 Å². The number of nitrogens with one attached hydrogen (secondary N) is 1. The maximum atomic E-state index is 5.48. The Labute approximate surface area is 120 Å². The van der Waals surface area contributed by atoms with E-state index in [1.165, 1.54) is 12.8 Å². The molecule has 0 aromatic carbocycles. The largest absolute Gasteiger partial charge is 0.379 e. The van der Waals surface area contributed by atoms with Crippen LogP contribution in [0, 0.1) is 11.8 Å². The minimum Gasteiger partial charge on any atom is -0.379 e. The highest BCUT2D eigenvalue weighted by Crippen LogP contribution is 2.14. The maximum Gasteiger partial charge on any atom is 0.0594 e. The number of nitrogens with zero attached hydrogens (tertiary/aromatic N) is 1. The summed E-state index contributed by atoms with van der Waals surface area (Å²) in [5.41, 5.74) is 0. The summed E-state index contributed by atoms with van der Waals surface area (Å²) in [5, 5.41) is 3.79. The summed E-state index contributed by atoms with van der Waals surface area (Å²) in [6, 6.07) is 1.31. The maximum absolute atomic E-state index is 5.48. The Morgan fingerprint density at radius 3 is 2.21 bits per heavy atom. The van der Waals surface area contributed by atoms with Crippen LogP contribution in [0.15, 0.2) is 0 Å². The van der Waals surface area contributed by atoms with Gasteiger partial charge in [-0.3, -0.25) is 4.90 Å². The molecule has 19 heavy (non-hydrogen) atoms. The second kappa shape index (κ2) is 8.93. The molecule has 0 aromatic rings. The van der Waals surface area contributed by atoms with Crippen molar-refractivity contribution in [1.82, 2.24) is 10.2 Å². The van der Waals surface area contributed by atoms with Gasteiger partial charge < -0.3 is 10.1 Å². The Kier molecular flexibility index (Phi) is 7.96. The first kappa shape index (κ1) is 16.9. The molecule has 0 aromatic heterocycles. The smallest absolute Gasteiger partial charge is 0.0594 e. The molecule has 1 fully saturated rings. The van der Waals surface area contributed by atoms with Crippen molar-refractivity contribution >= 4 is 0 Å². The first-order valence-electron chi connectivity index (χ1n) is 8.09. The van der Waals surface area contributed by atoms with Gasteiger partial charge in [-0.05, 0) is 24.7 Å². The van der Waals surface area contributed by atoms with Crippen LogP contribution in [0.25, 0.3) is 0 Å². The quantitative estimate of drug-likeness (QED) is 0.734. The van der Waals surface area contributed by atoms with Crippen molar-refractivity contribution in [3.05, 3.63) is 0 Å². The highest BCUT2D eigenvalue weighted by Gasteiger charge is 2.23. The van der Waals surface area contributed by atoms with E-state index in [-0.39, 0.29) is 0 Å². The van der Waals surface area contributed by atoms with Gasteiger partial charge in [0.2, 0.25) is 0 Å². The lowest BCUT2D eigenvalue weighted by Crippen LogP contribution is -2.50. The Bertz CT molecular complexity index is 225. The highest BCUT2D eigenvalue weighted by molar-refractivity contribution is 4.80. The minimum atomic E-state index is 0.649. The van der Waals surface area contributed by atoms with E-state index in [1.807, 2.05) is 0 Å². The molecule has 3 heteroatoms. The SMILES string of the molecule is CCC(NCC(CC(C)C)N1CCOCC1)C(C)C. The van der Waals surface area contributed by atoms with Crippen molar-refractivity contribution in [3.8, 4) is 0 Å². The fourth-order valence-electron chi connectivity index (χ4n) is 2.99. The molecular weight excluding hydrogens is 236 g/mol. The molecule has 2 unspecified atom stereocenters. The predicted octanol–water partition coefficient (Wildman–Crippen LogP) is 2.76. The zero-order chi connectivity index (χ0) is 14.3. The van der Waals surface area contributed by atoms with Crippen molar-refractivity contribution in [2.75, 3.05) is 32.8 Å². The van der Waals surface area contributed by atoms with Gasteiger partial charge in [0.25, 0.3) is 0 Å². The van der Waals surface area contributed by atoms with Crippen LogP contribution in [-0.2, 0) is 4.74 Å². The van der Waals surface area contributed by atoms with Crippen LogP contribution < -0.4 is 5.32 Å². The highest BCUT2D eigenvalue weighted by atomic mass is 16.5. The second-order valence-electron chi connectivity index (χ2n) is 6.60. The van der Waals surface area contributed by atoms with Crippen molar-refractivity contribution in [1.29, 1.82) is 0 Å². The molecule has 1 saturated heterocycles. The summed E-state index contributed by atoms with van der Waals surface area (Å²) in [6.45, 7) is 16.7. The summed E-state index contributed by atoms with van der Waals surface area (Å²) >= 11 is 0. The van der Waals surface area contributed by atoms with Gasteiger partial charge in [-0.1, -0.05) is 34.6 Å². The molecule has 0 amide bonds. The summed E-state index contributed by atoms with van der Waals surface area (Å²) < 4.78 is 5.48. The number of rotatable bonds is 8. The molecule has 1 heterocycles. The van der Waals surface area contributed by atoms with Gasteiger partial charge in [-0.25, -0.2) is 0 Å². The molecule has 0 spiro atoms. The predicted molar refractivity (Wildman–Crippen MR) is 82.6 cm³/mol. The molecule has 1 rings (SSSR count). The zero-order valence-corrected chi connectivity index (χ0v) is 13.6. The molecule has 0 radical (unpaired) electrons. The van der Waals surface area contributed by atoms with Crippen molar-refractivity contribution < 1.29 is 4.74 Å². The minimum absolute atomic E-state index is 0.649. The summed E-state index contributed by atoms with van der Waals surface area (Å²) in [5.74, 6) is 1.48.